The van der Waals surface area contributed by atoms with Crippen LogP contribution in [0.2, 0.25) is 5.02 Å². The van der Waals surface area contributed by atoms with Crippen molar-refractivity contribution in [3.63, 3.8) is 0 Å². The minimum atomic E-state index is -4.45. The molecule has 3 rings (SSSR count). The predicted octanol–water partition coefficient (Wildman–Crippen LogP) is 5.68. The lowest BCUT2D eigenvalue weighted by Gasteiger charge is -2.10. The first-order chi connectivity index (χ1) is 14.8. The number of nitrogens with zero attached hydrogens (tertiary/aromatic N) is 2. The fourth-order valence-corrected chi connectivity index (χ4v) is 3.52. The number of alkyl halides is 3. The van der Waals surface area contributed by atoms with Gasteiger partial charge in [0.05, 0.1) is 24.1 Å². The summed E-state index contributed by atoms with van der Waals surface area (Å²) in [6.45, 7) is 0. The number of benzene rings is 2. The van der Waals surface area contributed by atoms with Crippen molar-refractivity contribution in [2.45, 2.75) is 18.3 Å². The number of amides is 1. The van der Waals surface area contributed by atoms with Crippen molar-refractivity contribution in [3.8, 4) is 17.1 Å². The molecule has 0 spiro atoms. The SMILES string of the molecule is COc1ccc(Cl)cc1NC(=O)CCSCc1nc(-c2cccc(C(F)(F)F)c2)no1. The van der Waals surface area contributed by atoms with Gasteiger partial charge < -0.3 is 14.6 Å². The van der Waals surface area contributed by atoms with Crippen molar-refractivity contribution in [3.05, 3.63) is 58.9 Å². The monoisotopic (exact) mass is 471 g/mol. The highest BCUT2D eigenvalue weighted by molar-refractivity contribution is 7.98. The zero-order valence-corrected chi connectivity index (χ0v) is 17.8. The summed E-state index contributed by atoms with van der Waals surface area (Å²) in [5, 5.41) is 6.94. The van der Waals surface area contributed by atoms with E-state index < -0.39 is 11.7 Å². The molecule has 0 saturated carbocycles. The third-order valence-corrected chi connectivity index (χ3v) is 5.23. The van der Waals surface area contributed by atoms with Crippen molar-refractivity contribution in [1.82, 2.24) is 10.1 Å². The van der Waals surface area contributed by atoms with Gasteiger partial charge in [-0.2, -0.15) is 29.9 Å². The zero-order chi connectivity index (χ0) is 22.4. The average molecular weight is 472 g/mol. The molecule has 0 fully saturated rings. The number of carbonyl (C=O) groups excluding carboxylic acids is 1. The number of halogens is 4. The second kappa shape index (κ2) is 10.1. The summed E-state index contributed by atoms with van der Waals surface area (Å²) in [4.78, 5) is 16.3. The van der Waals surface area contributed by atoms with Crippen molar-refractivity contribution >= 4 is 35.0 Å². The molecule has 3 aromatic rings. The highest BCUT2D eigenvalue weighted by atomic mass is 35.5. The van der Waals surface area contributed by atoms with Gasteiger partial charge in [-0.05, 0) is 30.3 Å². The molecule has 1 amide bonds. The molecule has 1 heterocycles. The molecule has 2 aromatic carbocycles. The molecule has 0 atom stereocenters. The molecule has 6 nitrogen and oxygen atoms in total. The van der Waals surface area contributed by atoms with Gasteiger partial charge in [-0.25, -0.2) is 0 Å². The summed E-state index contributed by atoms with van der Waals surface area (Å²) in [7, 11) is 1.49. The largest absolute Gasteiger partial charge is 0.495 e. The summed E-state index contributed by atoms with van der Waals surface area (Å²) in [5.41, 5.74) is -0.0922. The topological polar surface area (TPSA) is 77.2 Å². The number of carbonyl (C=O) groups is 1. The summed E-state index contributed by atoms with van der Waals surface area (Å²) >= 11 is 7.32. The van der Waals surface area contributed by atoms with E-state index in [9.17, 15) is 18.0 Å². The highest BCUT2D eigenvalue weighted by Gasteiger charge is 2.30. The first kappa shape index (κ1) is 23.0. The van der Waals surface area contributed by atoms with E-state index in [1.54, 1.807) is 18.2 Å². The Kier molecular flexibility index (Phi) is 7.45. The van der Waals surface area contributed by atoms with Gasteiger partial charge in [-0.3, -0.25) is 4.79 Å². The van der Waals surface area contributed by atoms with Crippen LogP contribution in [0, 0.1) is 0 Å². The Morgan fingerprint density at radius 1 is 1.26 bits per heavy atom. The summed E-state index contributed by atoms with van der Waals surface area (Å²) < 4.78 is 48.8. The van der Waals surface area contributed by atoms with Gasteiger partial charge in [-0.1, -0.05) is 28.9 Å². The lowest BCUT2D eigenvalue weighted by Crippen LogP contribution is -2.13. The van der Waals surface area contributed by atoms with Crippen molar-refractivity contribution < 1.29 is 27.2 Å². The lowest BCUT2D eigenvalue weighted by molar-refractivity contribution is -0.137. The van der Waals surface area contributed by atoms with Crippen molar-refractivity contribution in [1.29, 1.82) is 0 Å². The second-order valence-electron chi connectivity index (χ2n) is 6.29. The molecule has 1 N–H and O–H groups in total. The van der Waals surface area contributed by atoms with Crippen LogP contribution in [0.4, 0.5) is 18.9 Å². The van der Waals surface area contributed by atoms with E-state index in [4.69, 9.17) is 20.9 Å². The highest BCUT2D eigenvalue weighted by Crippen LogP contribution is 2.31. The zero-order valence-electron chi connectivity index (χ0n) is 16.2. The fourth-order valence-electron chi connectivity index (χ4n) is 2.58. The van der Waals surface area contributed by atoms with E-state index in [1.165, 1.54) is 31.0 Å². The quantitative estimate of drug-likeness (QED) is 0.426. The third-order valence-electron chi connectivity index (χ3n) is 4.05. The molecule has 0 radical (unpaired) electrons. The normalized spacial score (nSPS) is 11.4. The maximum Gasteiger partial charge on any atom is 0.416 e. The molecular formula is C20H17ClF3N3O3S. The minimum Gasteiger partial charge on any atom is -0.495 e. The standard InChI is InChI=1S/C20H17ClF3N3O3S/c1-29-16-6-5-14(21)10-15(16)25-17(28)7-8-31-11-18-26-19(27-30-18)12-3-2-4-13(9-12)20(22,23)24/h2-6,9-10H,7-8,11H2,1H3,(H,25,28). The number of hydrogen-bond acceptors (Lipinski definition) is 6. The van der Waals surface area contributed by atoms with Gasteiger partial charge in [0.1, 0.15) is 5.75 Å². The van der Waals surface area contributed by atoms with Crippen LogP contribution in [-0.4, -0.2) is 28.9 Å². The number of nitrogens with one attached hydrogen (secondary N) is 1. The predicted molar refractivity (Wildman–Crippen MR) is 112 cm³/mol. The Labute approximate surface area is 185 Å². The van der Waals surface area contributed by atoms with Gasteiger partial charge >= 0.3 is 6.18 Å². The van der Waals surface area contributed by atoms with Gasteiger partial charge in [0.2, 0.25) is 17.6 Å². The van der Waals surface area contributed by atoms with Crippen LogP contribution in [0.25, 0.3) is 11.4 Å². The molecule has 31 heavy (non-hydrogen) atoms. The average Bonchev–Trinajstić information content (AvgIpc) is 3.20. The van der Waals surface area contributed by atoms with E-state index in [0.29, 0.717) is 28.0 Å². The third kappa shape index (κ3) is 6.38. The van der Waals surface area contributed by atoms with E-state index in [0.717, 1.165) is 12.1 Å². The molecule has 164 valence electrons. The summed E-state index contributed by atoms with van der Waals surface area (Å²) in [6, 6.07) is 9.62. The number of thioether (sulfide) groups is 1. The molecule has 11 heteroatoms. The van der Waals surface area contributed by atoms with Crippen LogP contribution in [0.5, 0.6) is 5.75 Å². The van der Waals surface area contributed by atoms with Crippen LogP contribution in [0.1, 0.15) is 17.9 Å². The van der Waals surface area contributed by atoms with Crippen LogP contribution in [0.15, 0.2) is 47.0 Å². The summed E-state index contributed by atoms with van der Waals surface area (Å²) in [6.07, 6.45) is -4.23. The molecule has 0 aliphatic carbocycles. The van der Waals surface area contributed by atoms with Gasteiger partial charge in [0.15, 0.2) is 0 Å². The van der Waals surface area contributed by atoms with Crippen LogP contribution in [-0.2, 0) is 16.7 Å². The van der Waals surface area contributed by atoms with Gasteiger partial charge in [0.25, 0.3) is 0 Å². The number of rotatable bonds is 8. The van der Waals surface area contributed by atoms with E-state index in [2.05, 4.69) is 15.5 Å². The smallest absolute Gasteiger partial charge is 0.416 e. The number of aromatic nitrogens is 2. The molecule has 0 unspecified atom stereocenters. The number of anilines is 1. The first-order valence-corrected chi connectivity index (χ1v) is 10.5. The Hall–Kier alpha value is -2.72. The van der Waals surface area contributed by atoms with Gasteiger partial charge in [-0.15, -0.1) is 0 Å². The Morgan fingerprint density at radius 3 is 2.81 bits per heavy atom. The fraction of sp³-hybridized carbons (Fsp3) is 0.250. The second-order valence-corrected chi connectivity index (χ2v) is 7.83. The molecule has 1 aromatic heterocycles. The lowest BCUT2D eigenvalue weighted by atomic mass is 10.1. The van der Waals surface area contributed by atoms with Crippen LogP contribution >= 0.6 is 23.4 Å². The molecule has 0 saturated heterocycles. The molecule has 0 aliphatic heterocycles. The molecule has 0 bridgehead atoms. The van der Waals surface area contributed by atoms with Crippen LogP contribution < -0.4 is 10.1 Å². The Bertz CT molecular complexity index is 1060. The van der Waals surface area contributed by atoms with E-state index in [-0.39, 0.29) is 29.6 Å². The van der Waals surface area contributed by atoms with E-state index in [1.807, 2.05) is 0 Å². The number of hydrogen-bond donors (Lipinski definition) is 1. The van der Waals surface area contributed by atoms with E-state index >= 15 is 0 Å². The maximum atomic E-state index is 12.8. The summed E-state index contributed by atoms with van der Waals surface area (Å²) in [5.74, 6) is 1.40. The molecule has 0 aliphatic rings. The number of methoxy groups -OCH3 is 1. The molecular weight excluding hydrogens is 455 g/mol. The first-order valence-electron chi connectivity index (χ1n) is 8.97. The maximum absolute atomic E-state index is 12.8. The minimum absolute atomic E-state index is 0.0764. The van der Waals surface area contributed by atoms with Gasteiger partial charge in [0, 0.05) is 22.8 Å². The van der Waals surface area contributed by atoms with Crippen molar-refractivity contribution in [2.75, 3.05) is 18.2 Å². The Balaban J connectivity index is 1.50. The van der Waals surface area contributed by atoms with Crippen LogP contribution in [0.3, 0.4) is 0 Å². The Morgan fingerprint density at radius 2 is 2.06 bits per heavy atom. The number of ether oxygens (including phenoxy) is 1. The van der Waals surface area contributed by atoms with Crippen molar-refractivity contribution in [2.24, 2.45) is 0 Å².